The molecular formula is C17H28O2. The minimum atomic E-state index is -0.413. The smallest absolute Gasteiger partial charge is 0.119 e. The van der Waals surface area contributed by atoms with Crippen molar-refractivity contribution in [2.45, 2.75) is 70.8 Å². The maximum atomic E-state index is 9.92. The van der Waals surface area contributed by atoms with Crippen molar-refractivity contribution in [3.05, 3.63) is 29.8 Å². The van der Waals surface area contributed by atoms with E-state index in [4.69, 9.17) is 0 Å². The minimum Gasteiger partial charge on any atom is -0.508 e. The van der Waals surface area contributed by atoms with Gasteiger partial charge < -0.3 is 10.2 Å². The lowest BCUT2D eigenvalue weighted by atomic mass is 9.88. The number of aliphatic hydroxyl groups is 1. The molecule has 1 aromatic rings. The Bertz CT molecular complexity index is 347. The molecule has 0 aromatic heterocycles. The molecule has 0 aliphatic rings. The maximum absolute atomic E-state index is 9.92. The summed E-state index contributed by atoms with van der Waals surface area (Å²) in [7, 11) is 0. The summed E-state index contributed by atoms with van der Waals surface area (Å²) in [5.41, 5.74) is 0.881. The molecule has 108 valence electrons. The van der Waals surface area contributed by atoms with Crippen LogP contribution in [-0.4, -0.2) is 16.3 Å². The average molecular weight is 264 g/mol. The molecule has 0 aliphatic carbocycles. The summed E-state index contributed by atoms with van der Waals surface area (Å²) in [6.07, 6.45) is 8.05. The molecule has 1 aromatic carbocycles. The molecule has 0 bridgehead atoms. The highest BCUT2D eigenvalue weighted by atomic mass is 16.3. The van der Waals surface area contributed by atoms with E-state index in [-0.39, 0.29) is 5.92 Å². The fraction of sp³-hybridized carbons (Fsp3) is 0.647. The Labute approximate surface area is 117 Å². The fourth-order valence-corrected chi connectivity index (χ4v) is 2.60. The zero-order valence-corrected chi connectivity index (χ0v) is 12.3. The SMILES string of the molecule is CCCCCCCCC(c1ccccc1O)C(C)O. The van der Waals surface area contributed by atoms with Crippen LogP contribution in [0.4, 0.5) is 0 Å². The summed E-state index contributed by atoms with van der Waals surface area (Å²) in [5.74, 6) is 0.353. The highest BCUT2D eigenvalue weighted by Gasteiger charge is 2.19. The summed E-state index contributed by atoms with van der Waals surface area (Å²) >= 11 is 0. The van der Waals surface area contributed by atoms with Gasteiger partial charge in [0.2, 0.25) is 0 Å². The van der Waals surface area contributed by atoms with Crippen molar-refractivity contribution in [2.24, 2.45) is 0 Å². The van der Waals surface area contributed by atoms with E-state index in [0.29, 0.717) is 5.75 Å². The molecule has 0 radical (unpaired) electrons. The third-order valence-electron chi connectivity index (χ3n) is 3.79. The molecule has 0 amide bonds. The number of hydrogen-bond acceptors (Lipinski definition) is 2. The highest BCUT2D eigenvalue weighted by molar-refractivity contribution is 5.35. The summed E-state index contributed by atoms with van der Waals surface area (Å²) in [4.78, 5) is 0. The van der Waals surface area contributed by atoms with Crippen LogP contribution in [0.1, 0.15) is 70.3 Å². The number of phenolic OH excluding ortho intramolecular Hbond substituents is 1. The molecule has 0 heterocycles. The van der Waals surface area contributed by atoms with Crippen LogP contribution in [0.25, 0.3) is 0 Å². The second-order valence-electron chi connectivity index (χ2n) is 5.46. The number of unbranched alkanes of at least 4 members (excludes halogenated alkanes) is 5. The van der Waals surface area contributed by atoms with Gasteiger partial charge in [-0.3, -0.25) is 0 Å². The van der Waals surface area contributed by atoms with E-state index in [1.54, 1.807) is 6.07 Å². The Hall–Kier alpha value is -1.02. The van der Waals surface area contributed by atoms with Crippen LogP contribution in [0.2, 0.25) is 0 Å². The molecule has 2 nitrogen and oxygen atoms in total. The van der Waals surface area contributed by atoms with E-state index in [9.17, 15) is 10.2 Å². The minimum absolute atomic E-state index is 0.0485. The molecule has 2 N–H and O–H groups in total. The number of aliphatic hydroxyl groups excluding tert-OH is 1. The van der Waals surface area contributed by atoms with Crippen LogP contribution in [0, 0.1) is 0 Å². The third-order valence-corrected chi connectivity index (χ3v) is 3.79. The first-order chi connectivity index (χ1) is 9.16. The molecule has 0 aliphatic heterocycles. The maximum Gasteiger partial charge on any atom is 0.119 e. The first-order valence-corrected chi connectivity index (χ1v) is 7.62. The average Bonchev–Trinajstić information content (AvgIpc) is 2.39. The second-order valence-corrected chi connectivity index (χ2v) is 5.46. The lowest BCUT2D eigenvalue weighted by Gasteiger charge is -2.21. The monoisotopic (exact) mass is 264 g/mol. The van der Waals surface area contributed by atoms with Crippen LogP contribution in [0.15, 0.2) is 24.3 Å². The normalized spacial score (nSPS) is 14.3. The molecule has 2 heteroatoms. The van der Waals surface area contributed by atoms with Gasteiger partial charge in [-0.2, -0.15) is 0 Å². The Kier molecular flexibility index (Phi) is 7.57. The summed E-state index contributed by atoms with van der Waals surface area (Å²) in [5, 5.41) is 19.8. The van der Waals surface area contributed by atoms with E-state index >= 15 is 0 Å². The predicted octanol–water partition coefficient (Wildman–Crippen LogP) is 4.61. The van der Waals surface area contributed by atoms with Crippen molar-refractivity contribution in [1.82, 2.24) is 0 Å². The summed E-state index contributed by atoms with van der Waals surface area (Å²) < 4.78 is 0. The number of phenols is 1. The van der Waals surface area contributed by atoms with Gasteiger partial charge in [0, 0.05) is 5.92 Å². The summed E-state index contributed by atoms with van der Waals surface area (Å²) in [6, 6.07) is 7.37. The molecule has 2 unspecified atom stereocenters. The molecular weight excluding hydrogens is 236 g/mol. The highest BCUT2D eigenvalue weighted by Crippen LogP contribution is 2.32. The van der Waals surface area contributed by atoms with Crippen molar-refractivity contribution in [1.29, 1.82) is 0 Å². The fourth-order valence-electron chi connectivity index (χ4n) is 2.60. The Morgan fingerprint density at radius 3 is 2.26 bits per heavy atom. The van der Waals surface area contributed by atoms with Crippen molar-refractivity contribution in [3.8, 4) is 5.75 Å². The molecule has 1 rings (SSSR count). The molecule has 0 spiro atoms. The van der Waals surface area contributed by atoms with Crippen LogP contribution in [0.3, 0.4) is 0 Å². The van der Waals surface area contributed by atoms with Gasteiger partial charge >= 0.3 is 0 Å². The van der Waals surface area contributed by atoms with Gasteiger partial charge in [-0.25, -0.2) is 0 Å². The number of para-hydroxylation sites is 1. The van der Waals surface area contributed by atoms with E-state index in [0.717, 1.165) is 18.4 Å². The van der Waals surface area contributed by atoms with Crippen molar-refractivity contribution < 1.29 is 10.2 Å². The topological polar surface area (TPSA) is 40.5 Å². The van der Waals surface area contributed by atoms with E-state index in [1.165, 1.54) is 32.1 Å². The molecule has 0 fully saturated rings. The van der Waals surface area contributed by atoms with Gasteiger partial charge in [-0.1, -0.05) is 63.6 Å². The van der Waals surface area contributed by atoms with Crippen LogP contribution >= 0.6 is 0 Å². The lowest BCUT2D eigenvalue weighted by molar-refractivity contribution is 0.154. The Morgan fingerprint density at radius 1 is 1.00 bits per heavy atom. The van der Waals surface area contributed by atoms with Gasteiger partial charge in [0.15, 0.2) is 0 Å². The first kappa shape index (κ1) is 16.0. The number of rotatable bonds is 9. The van der Waals surface area contributed by atoms with Gasteiger partial charge in [-0.05, 0) is 25.0 Å². The third kappa shape index (κ3) is 5.65. The van der Waals surface area contributed by atoms with Gasteiger partial charge in [0.1, 0.15) is 5.75 Å². The van der Waals surface area contributed by atoms with E-state index < -0.39 is 6.10 Å². The largest absolute Gasteiger partial charge is 0.508 e. The Morgan fingerprint density at radius 2 is 1.63 bits per heavy atom. The van der Waals surface area contributed by atoms with E-state index in [2.05, 4.69) is 6.92 Å². The molecule has 0 saturated heterocycles. The standard InChI is InChI=1S/C17H28O2/c1-3-4-5-6-7-8-11-15(14(2)18)16-12-9-10-13-17(16)19/h9-10,12-15,18-19H,3-8,11H2,1-2H3. The first-order valence-electron chi connectivity index (χ1n) is 7.62. The van der Waals surface area contributed by atoms with Crippen molar-refractivity contribution >= 4 is 0 Å². The lowest BCUT2D eigenvalue weighted by Crippen LogP contribution is -2.14. The zero-order valence-electron chi connectivity index (χ0n) is 12.3. The van der Waals surface area contributed by atoms with Gasteiger partial charge in [-0.15, -0.1) is 0 Å². The van der Waals surface area contributed by atoms with E-state index in [1.807, 2.05) is 25.1 Å². The second kappa shape index (κ2) is 8.98. The number of benzene rings is 1. The Balaban J connectivity index is 2.44. The van der Waals surface area contributed by atoms with Crippen LogP contribution < -0.4 is 0 Å². The quantitative estimate of drug-likeness (QED) is 0.640. The predicted molar refractivity (Wildman–Crippen MR) is 80.5 cm³/mol. The molecule has 0 saturated carbocycles. The van der Waals surface area contributed by atoms with Gasteiger partial charge in [0.05, 0.1) is 6.10 Å². The zero-order chi connectivity index (χ0) is 14.1. The summed E-state index contributed by atoms with van der Waals surface area (Å²) in [6.45, 7) is 4.04. The molecule has 2 atom stereocenters. The number of aromatic hydroxyl groups is 1. The van der Waals surface area contributed by atoms with Crippen LogP contribution in [0.5, 0.6) is 5.75 Å². The van der Waals surface area contributed by atoms with Crippen molar-refractivity contribution in [2.75, 3.05) is 0 Å². The van der Waals surface area contributed by atoms with Crippen molar-refractivity contribution in [3.63, 3.8) is 0 Å². The van der Waals surface area contributed by atoms with Crippen LogP contribution in [-0.2, 0) is 0 Å². The molecule has 19 heavy (non-hydrogen) atoms. The van der Waals surface area contributed by atoms with Gasteiger partial charge in [0.25, 0.3) is 0 Å². The number of hydrogen-bond donors (Lipinski definition) is 2.